The highest BCUT2D eigenvalue weighted by Crippen LogP contribution is 2.28. The predicted octanol–water partition coefficient (Wildman–Crippen LogP) is 1.85. The molecule has 6 nitrogen and oxygen atoms in total. The van der Waals surface area contributed by atoms with E-state index in [1.54, 1.807) is 24.3 Å². The molecule has 0 bridgehead atoms. The molecule has 3 N–H and O–H groups in total. The second-order valence-corrected chi connectivity index (χ2v) is 4.45. The van der Waals surface area contributed by atoms with Gasteiger partial charge in [-0.05, 0) is 29.7 Å². The molecule has 2 aromatic carbocycles. The lowest BCUT2D eigenvalue weighted by molar-refractivity contribution is -0.142. The van der Waals surface area contributed by atoms with Gasteiger partial charge in [-0.15, -0.1) is 0 Å². The van der Waals surface area contributed by atoms with Crippen LogP contribution in [-0.2, 0) is 14.3 Å². The first kappa shape index (κ1) is 14.6. The smallest absolute Gasteiger partial charge is 0.338 e. The summed E-state index contributed by atoms with van der Waals surface area (Å²) in [6.07, 6.45) is 0. The molecule has 0 saturated heterocycles. The Morgan fingerprint density at radius 1 is 1.14 bits per heavy atom. The molecule has 0 aromatic heterocycles. The Labute approximate surface area is 121 Å². The molecule has 0 radical (unpaired) electrons. The SMILES string of the molecule is CC(=O)OCCOC(=O)c1cc(O)c2cc(N)ccc2c1. The van der Waals surface area contributed by atoms with Crippen LogP contribution in [0.5, 0.6) is 5.75 Å². The number of aromatic hydroxyl groups is 1. The molecule has 110 valence electrons. The Bertz CT molecular complexity index is 696. The third-order valence-corrected chi connectivity index (χ3v) is 2.81. The van der Waals surface area contributed by atoms with Crippen LogP contribution in [-0.4, -0.2) is 30.3 Å². The molecular formula is C15H15NO5. The summed E-state index contributed by atoms with van der Waals surface area (Å²) in [6, 6.07) is 7.93. The molecule has 0 aliphatic rings. The first-order chi connectivity index (χ1) is 9.97. The molecule has 2 aromatic rings. The summed E-state index contributed by atoms with van der Waals surface area (Å²) >= 11 is 0. The lowest BCUT2D eigenvalue weighted by Crippen LogP contribution is -2.12. The van der Waals surface area contributed by atoms with E-state index < -0.39 is 11.9 Å². The van der Waals surface area contributed by atoms with Crippen LogP contribution >= 0.6 is 0 Å². The molecule has 0 aliphatic heterocycles. The fourth-order valence-electron chi connectivity index (χ4n) is 1.88. The van der Waals surface area contributed by atoms with E-state index in [0.717, 1.165) is 0 Å². The van der Waals surface area contributed by atoms with Crippen LogP contribution in [0.25, 0.3) is 10.8 Å². The third-order valence-electron chi connectivity index (χ3n) is 2.81. The van der Waals surface area contributed by atoms with Crippen molar-refractivity contribution in [2.75, 3.05) is 18.9 Å². The lowest BCUT2D eigenvalue weighted by Gasteiger charge is -2.08. The zero-order chi connectivity index (χ0) is 15.4. The lowest BCUT2D eigenvalue weighted by atomic mass is 10.1. The van der Waals surface area contributed by atoms with E-state index in [4.69, 9.17) is 10.5 Å². The second kappa shape index (κ2) is 6.13. The number of carbonyl (C=O) groups is 2. The van der Waals surface area contributed by atoms with Gasteiger partial charge in [-0.3, -0.25) is 4.79 Å². The summed E-state index contributed by atoms with van der Waals surface area (Å²) in [5, 5.41) is 11.2. The Balaban J connectivity index is 2.13. The molecule has 0 amide bonds. The van der Waals surface area contributed by atoms with Gasteiger partial charge in [-0.2, -0.15) is 0 Å². The van der Waals surface area contributed by atoms with E-state index in [9.17, 15) is 14.7 Å². The minimum Gasteiger partial charge on any atom is -0.507 e. The van der Waals surface area contributed by atoms with E-state index in [1.807, 2.05) is 0 Å². The van der Waals surface area contributed by atoms with Crippen molar-refractivity contribution in [2.24, 2.45) is 0 Å². The van der Waals surface area contributed by atoms with Crippen LogP contribution in [0.1, 0.15) is 17.3 Å². The molecule has 6 heteroatoms. The maximum absolute atomic E-state index is 11.9. The van der Waals surface area contributed by atoms with Crippen LogP contribution in [0, 0.1) is 0 Å². The molecule has 0 saturated carbocycles. The first-order valence-electron chi connectivity index (χ1n) is 6.30. The Morgan fingerprint density at radius 3 is 2.57 bits per heavy atom. The van der Waals surface area contributed by atoms with Crippen molar-refractivity contribution >= 4 is 28.4 Å². The van der Waals surface area contributed by atoms with Gasteiger partial charge in [0.1, 0.15) is 19.0 Å². The number of hydrogen-bond acceptors (Lipinski definition) is 6. The van der Waals surface area contributed by atoms with E-state index in [2.05, 4.69) is 4.74 Å². The zero-order valence-electron chi connectivity index (χ0n) is 11.5. The molecule has 0 fully saturated rings. The van der Waals surface area contributed by atoms with Crippen molar-refractivity contribution in [2.45, 2.75) is 6.92 Å². The molecule has 0 spiro atoms. The number of fused-ring (bicyclic) bond motifs is 1. The molecule has 0 unspecified atom stereocenters. The van der Waals surface area contributed by atoms with Gasteiger partial charge in [0, 0.05) is 18.0 Å². The highest BCUT2D eigenvalue weighted by atomic mass is 16.6. The number of benzene rings is 2. The van der Waals surface area contributed by atoms with Gasteiger partial charge in [0.15, 0.2) is 0 Å². The molecule has 0 atom stereocenters. The monoisotopic (exact) mass is 289 g/mol. The number of phenols is 1. The van der Waals surface area contributed by atoms with Crippen LogP contribution in [0.15, 0.2) is 30.3 Å². The van der Waals surface area contributed by atoms with Crippen molar-refractivity contribution in [1.29, 1.82) is 0 Å². The van der Waals surface area contributed by atoms with Crippen LogP contribution < -0.4 is 5.73 Å². The van der Waals surface area contributed by atoms with Crippen LogP contribution in [0.3, 0.4) is 0 Å². The van der Waals surface area contributed by atoms with Gasteiger partial charge in [-0.1, -0.05) is 6.07 Å². The van der Waals surface area contributed by atoms with Gasteiger partial charge in [0.05, 0.1) is 5.56 Å². The highest BCUT2D eigenvalue weighted by molar-refractivity contribution is 5.99. The topological polar surface area (TPSA) is 98.8 Å². The largest absolute Gasteiger partial charge is 0.507 e. The Morgan fingerprint density at radius 2 is 1.86 bits per heavy atom. The quantitative estimate of drug-likeness (QED) is 0.506. The van der Waals surface area contributed by atoms with E-state index in [1.165, 1.54) is 13.0 Å². The van der Waals surface area contributed by atoms with Crippen molar-refractivity contribution in [3.05, 3.63) is 35.9 Å². The van der Waals surface area contributed by atoms with Crippen molar-refractivity contribution in [3.63, 3.8) is 0 Å². The minimum atomic E-state index is -0.601. The number of esters is 2. The molecular weight excluding hydrogens is 274 g/mol. The number of phenolic OH excluding ortho intramolecular Hbond substituents is 1. The standard InChI is InChI=1S/C15H15NO5/c1-9(17)20-4-5-21-15(19)11-6-10-2-3-12(16)8-13(10)14(18)7-11/h2-3,6-8,18H,4-5,16H2,1H3. The summed E-state index contributed by atoms with van der Waals surface area (Å²) in [5.74, 6) is -1.09. The fourth-order valence-corrected chi connectivity index (χ4v) is 1.88. The average Bonchev–Trinajstić information content (AvgIpc) is 2.43. The Kier molecular flexibility index (Phi) is 4.27. The second-order valence-electron chi connectivity index (χ2n) is 4.45. The van der Waals surface area contributed by atoms with Crippen LogP contribution in [0.4, 0.5) is 5.69 Å². The number of hydrogen-bond donors (Lipinski definition) is 2. The summed E-state index contributed by atoms with van der Waals surface area (Å²) < 4.78 is 9.61. The predicted molar refractivity (Wildman–Crippen MR) is 76.9 cm³/mol. The summed E-state index contributed by atoms with van der Waals surface area (Å²) in [4.78, 5) is 22.4. The average molecular weight is 289 g/mol. The summed E-state index contributed by atoms with van der Waals surface area (Å²) in [5.41, 5.74) is 6.39. The van der Waals surface area contributed by atoms with E-state index in [0.29, 0.717) is 16.5 Å². The molecule has 2 rings (SSSR count). The maximum Gasteiger partial charge on any atom is 0.338 e. The summed E-state index contributed by atoms with van der Waals surface area (Å²) in [7, 11) is 0. The molecule has 0 heterocycles. The fraction of sp³-hybridized carbons (Fsp3) is 0.200. The number of ether oxygens (including phenoxy) is 2. The van der Waals surface area contributed by atoms with Gasteiger partial charge >= 0.3 is 11.9 Å². The van der Waals surface area contributed by atoms with Crippen LogP contribution in [0.2, 0.25) is 0 Å². The third kappa shape index (κ3) is 3.62. The number of nitrogens with two attached hydrogens (primary N) is 1. The molecule has 0 aliphatic carbocycles. The minimum absolute atomic E-state index is 0.00281. The van der Waals surface area contributed by atoms with E-state index >= 15 is 0 Å². The van der Waals surface area contributed by atoms with E-state index in [-0.39, 0.29) is 24.5 Å². The van der Waals surface area contributed by atoms with Crippen molar-refractivity contribution in [1.82, 2.24) is 0 Å². The van der Waals surface area contributed by atoms with Gasteiger partial charge in [-0.25, -0.2) is 4.79 Å². The zero-order valence-corrected chi connectivity index (χ0v) is 11.5. The number of nitrogen functional groups attached to an aromatic ring is 1. The molecule has 21 heavy (non-hydrogen) atoms. The van der Waals surface area contributed by atoms with Crippen molar-refractivity contribution < 1.29 is 24.2 Å². The van der Waals surface area contributed by atoms with Gasteiger partial charge in [0.2, 0.25) is 0 Å². The van der Waals surface area contributed by atoms with Gasteiger partial charge < -0.3 is 20.3 Å². The highest BCUT2D eigenvalue weighted by Gasteiger charge is 2.11. The Hall–Kier alpha value is -2.76. The first-order valence-corrected chi connectivity index (χ1v) is 6.30. The van der Waals surface area contributed by atoms with Crippen molar-refractivity contribution in [3.8, 4) is 5.75 Å². The maximum atomic E-state index is 11.9. The number of rotatable bonds is 4. The number of carbonyl (C=O) groups excluding carboxylic acids is 2. The normalized spacial score (nSPS) is 10.3. The number of anilines is 1. The van der Waals surface area contributed by atoms with Gasteiger partial charge in [0.25, 0.3) is 0 Å². The summed E-state index contributed by atoms with van der Waals surface area (Å²) in [6.45, 7) is 1.23.